The van der Waals surface area contributed by atoms with Gasteiger partial charge in [-0.25, -0.2) is 0 Å². The first-order valence-corrected chi connectivity index (χ1v) is 5.41. The number of aromatic nitrogens is 1. The average Bonchev–Trinajstić information content (AvgIpc) is 3.10. The summed E-state index contributed by atoms with van der Waals surface area (Å²) >= 11 is 0. The number of rotatable bonds is 5. The van der Waals surface area contributed by atoms with Crippen molar-refractivity contribution in [3.8, 4) is 0 Å². The van der Waals surface area contributed by atoms with Gasteiger partial charge in [-0.05, 0) is 25.0 Å². The van der Waals surface area contributed by atoms with Crippen LogP contribution in [0.15, 0.2) is 31.0 Å². The molecule has 0 unspecified atom stereocenters. The minimum absolute atomic E-state index is 0.0928. The number of hydrogen-bond donors (Lipinski definition) is 2. The second kappa shape index (κ2) is 4.79. The molecule has 4 heteroatoms. The molecular formula is C12H15N3O. The smallest absolute Gasteiger partial charge is 0.270 e. The molecule has 2 N–H and O–H groups in total. The molecule has 1 saturated carbocycles. The molecule has 84 valence electrons. The highest BCUT2D eigenvalue weighted by Gasteiger charge is 2.24. The van der Waals surface area contributed by atoms with Gasteiger partial charge in [0.05, 0.1) is 0 Å². The lowest BCUT2D eigenvalue weighted by Gasteiger charge is -2.06. The number of carbonyl (C=O) groups is 1. The summed E-state index contributed by atoms with van der Waals surface area (Å²) in [6, 6.07) is 3.94. The maximum atomic E-state index is 11.7. The van der Waals surface area contributed by atoms with E-state index < -0.39 is 0 Å². The summed E-state index contributed by atoms with van der Waals surface area (Å²) in [6.45, 7) is 4.30. The van der Waals surface area contributed by atoms with Gasteiger partial charge < -0.3 is 10.6 Å². The maximum Gasteiger partial charge on any atom is 0.270 e. The number of amides is 1. The molecule has 0 bridgehead atoms. The summed E-state index contributed by atoms with van der Waals surface area (Å²) in [7, 11) is 0. The molecular weight excluding hydrogens is 202 g/mol. The van der Waals surface area contributed by atoms with Crippen molar-refractivity contribution >= 4 is 11.6 Å². The van der Waals surface area contributed by atoms with E-state index in [1.54, 1.807) is 18.3 Å². The first-order valence-electron chi connectivity index (χ1n) is 5.41. The third kappa shape index (κ3) is 2.82. The summed E-state index contributed by atoms with van der Waals surface area (Å²) in [5, 5.41) is 6.02. The molecule has 0 spiro atoms. The van der Waals surface area contributed by atoms with E-state index in [0.717, 1.165) is 18.5 Å². The number of nitrogens with zero attached hydrogens (tertiary/aromatic N) is 1. The van der Waals surface area contributed by atoms with Crippen LogP contribution in [0, 0.1) is 0 Å². The fraction of sp³-hybridized carbons (Fsp3) is 0.333. The fourth-order valence-corrected chi connectivity index (χ4v) is 1.34. The van der Waals surface area contributed by atoms with Gasteiger partial charge in [0.2, 0.25) is 0 Å². The topological polar surface area (TPSA) is 54.0 Å². The first-order chi connectivity index (χ1) is 7.79. The van der Waals surface area contributed by atoms with Crippen LogP contribution in [-0.4, -0.2) is 23.5 Å². The lowest BCUT2D eigenvalue weighted by Crippen LogP contribution is -2.26. The van der Waals surface area contributed by atoms with Crippen molar-refractivity contribution in [1.82, 2.24) is 10.3 Å². The van der Waals surface area contributed by atoms with E-state index in [1.807, 2.05) is 6.07 Å². The van der Waals surface area contributed by atoms with Gasteiger partial charge in [-0.2, -0.15) is 0 Å². The van der Waals surface area contributed by atoms with Crippen molar-refractivity contribution < 1.29 is 4.79 Å². The van der Waals surface area contributed by atoms with Gasteiger partial charge >= 0.3 is 0 Å². The molecule has 1 fully saturated rings. The van der Waals surface area contributed by atoms with Crippen LogP contribution in [0.5, 0.6) is 0 Å². The van der Waals surface area contributed by atoms with E-state index >= 15 is 0 Å². The normalized spacial score (nSPS) is 14.2. The summed E-state index contributed by atoms with van der Waals surface area (Å²) in [6.07, 6.45) is 5.57. The van der Waals surface area contributed by atoms with Gasteiger partial charge in [0, 0.05) is 24.5 Å². The highest BCUT2D eigenvalue weighted by Crippen LogP contribution is 2.19. The van der Waals surface area contributed by atoms with Gasteiger partial charge in [-0.15, -0.1) is 6.58 Å². The molecule has 1 aromatic heterocycles. The van der Waals surface area contributed by atoms with Gasteiger partial charge in [0.1, 0.15) is 5.69 Å². The number of hydrogen-bond acceptors (Lipinski definition) is 3. The van der Waals surface area contributed by atoms with Crippen molar-refractivity contribution in [1.29, 1.82) is 0 Å². The van der Waals surface area contributed by atoms with Gasteiger partial charge in [0.25, 0.3) is 5.91 Å². The summed E-state index contributed by atoms with van der Waals surface area (Å²) in [5.74, 6) is -0.0928. The Labute approximate surface area is 94.8 Å². The number of nitrogens with one attached hydrogen (secondary N) is 2. The Hall–Kier alpha value is -1.84. The van der Waals surface area contributed by atoms with E-state index in [4.69, 9.17) is 0 Å². The van der Waals surface area contributed by atoms with Crippen molar-refractivity contribution in [3.63, 3.8) is 0 Å². The first kappa shape index (κ1) is 10.7. The number of anilines is 1. The number of pyridine rings is 1. The van der Waals surface area contributed by atoms with Gasteiger partial charge in [-0.3, -0.25) is 9.78 Å². The summed E-state index contributed by atoms with van der Waals surface area (Å²) in [5.41, 5.74) is 1.34. The van der Waals surface area contributed by atoms with Crippen molar-refractivity contribution in [2.24, 2.45) is 0 Å². The molecule has 2 rings (SSSR count). The van der Waals surface area contributed by atoms with Crippen LogP contribution in [0.1, 0.15) is 23.3 Å². The largest absolute Gasteiger partial charge is 0.381 e. The SMILES string of the molecule is C=CCNc1ccnc(C(=O)NC2CC2)c1. The Morgan fingerprint density at radius 1 is 1.62 bits per heavy atom. The third-order valence-electron chi connectivity index (χ3n) is 2.36. The zero-order chi connectivity index (χ0) is 11.4. The van der Waals surface area contributed by atoms with Crippen LogP contribution in [0.2, 0.25) is 0 Å². The van der Waals surface area contributed by atoms with Crippen LogP contribution >= 0.6 is 0 Å². The zero-order valence-electron chi connectivity index (χ0n) is 9.07. The maximum absolute atomic E-state index is 11.7. The molecule has 1 aliphatic rings. The van der Waals surface area contributed by atoms with Gasteiger partial charge in [0.15, 0.2) is 0 Å². The highest BCUT2D eigenvalue weighted by molar-refractivity contribution is 5.93. The molecule has 0 aliphatic heterocycles. The molecule has 1 heterocycles. The number of carbonyl (C=O) groups excluding carboxylic acids is 1. The lowest BCUT2D eigenvalue weighted by atomic mass is 10.3. The quantitative estimate of drug-likeness (QED) is 0.736. The second-order valence-electron chi connectivity index (χ2n) is 3.85. The van der Waals surface area contributed by atoms with Crippen LogP contribution in [-0.2, 0) is 0 Å². The Balaban J connectivity index is 2.01. The molecule has 0 radical (unpaired) electrons. The standard InChI is InChI=1S/C12H15N3O/c1-2-6-13-10-5-7-14-11(8-10)12(16)15-9-3-4-9/h2,5,7-9H,1,3-4,6H2,(H,13,14)(H,15,16). The molecule has 4 nitrogen and oxygen atoms in total. The van der Waals surface area contributed by atoms with Crippen LogP contribution in [0.4, 0.5) is 5.69 Å². The second-order valence-corrected chi connectivity index (χ2v) is 3.85. The molecule has 0 atom stereocenters. The molecule has 1 amide bonds. The minimum Gasteiger partial charge on any atom is -0.381 e. The van der Waals surface area contributed by atoms with Crippen LogP contribution < -0.4 is 10.6 Å². The van der Waals surface area contributed by atoms with E-state index in [0.29, 0.717) is 18.3 Å². The van der Waals surface area contributed by atoms with E-state index in [2.05, 4.69) is 22.2 Å². The van der Waals surface area contributed by atoms with E-state index in [1.165, 1.54) is 0 Å². The third-order valence-corrected chi connectivity index (χ3v) is 2.36. The molecule has 1 aromatic rings. The zero-order valence-corrected chi connectivity index (χ0v) is 9.07. The van der Waals surface area contributed by atoms with Crippen molar-refractivity contribution in [2.45, 2.75) is 18.9 Å². The van der Waals surface area contributed by atoms with E-state index in [-0.39, 0.29) is 5.91 Å². The Morgan fingerprint density at radius 2 is 2.44 bits per heavy atom. The van der Waals surface area contributed by atoms with E-state index in [9.17, 15) is 4.79 Å². The Bertz CT molecular complexity index is 399. The molecule has 1 aliphatic carbocycles. The monoisotopic (exact) mass is 217 g/mol. The summed E-state index contributed by atoms with van der Waals surface area (Å²) < 4.78 is 0. The fourth-order valence-electron chi connectivity index (χ4n) is 1.34. The Morgan fingerprint density at radius 3 is 3.12 bits per heavy atom. The molecule has 0 saturated heterocycles. The lowest BCUT2D eigenvalue weighted by molar-refractivity contribution is 0.0946. The minimum atomic E-state index is -0.0928. The predicted molar refractivity (Wildman–Crippen MR) is 63.4 cm³/mol. The molecule has 16 heavy (non-hydrogen) atoms. The highest BCUT2D eigenvalue weighted by atomic mass is 16.2. The summed E-state index contributed by atoms with van der Waals surface area (Å²) in [4.78, 5) is 15.7. The predicted octanol–water partition coefficient (Wildman–Crippen LogP) is 1.57. The Kier molecular flexibility index (Phi) is 3.19. The van der Waals surface area contributed by atoms with Crippen molar-refractivity contribution in [3.05, 3.63) is 36.7 Å². The average molecular weight is 217 g/mol. The van der Waals surface area contributed by atoms with Crippen LogP contribution in [0.3, 0.4) is 0 Å². The van der Waals surface area contributed by atoms with Crippen molar-refractivity contribution in [2.75, 3.05) is 11.9 Å². The van der Waals surface area contributed by atoms with Crippen LogP contribution in [0.25, 0.3) is 0 Å². The van der Waals surface area contributed by atoms with Gasteiger partial charge in [-0.1, -0.05) is 6.08 Å². The molecule has 0 aromatic carbocycles.